The molecule has 0 rings (SSSR count). The molecule has 0 radical (unpaired) electrons. The van der Waals surface area contributed by atoms with Crippen LogP contribution in [0.3, 0.4) is 0 Å². The molecule has 148 heavy (non-hydrogen) atoms. The van der Waals surface area contributed by atoms with Crippen molar-refractivity contribution in [3.05, 3.63) is 0 Å². The number of rotatable bonds is 48. The van der Waals surface area contributed by atoms with E-state index in [0.717, 1.165) is 0 Å². The van der Waals surface area contributed by atoms with Crippen molar-refractivity contribution in [2.75, 3.05) is 0 Å². The summed E-state index contributed by atoms with van der Waals surface area (Å²) in [5.41, 5.74) is 0. The molecule has 1 atom stereocenters. The lowest BCUT2D eigenvalue weighted by atomic mass is 29.7. The summed E-state index contributed by atoms with van der Waals surface area (Å²) in [5, 5.41) is -195. The SMILES string of the molecule is S=S(S)S(=S)(=S)S(=S)(=S)S(=S)(=S)S(=S)(=S)S(=S)(=S)S(=S)(=S)S(=S)(=S)S(=S)(=S)S(=S)(=S)S(=S)(=S)S(=S)(=S)S(=S)(=S)S(=S)(=S)S(=S)(=S)S(=S)(=S)S(=S)(=S)S(=S)(=S)S(=S)(=S)S(=S)(=S)S(=S)(=S)S(=S)(=S)S(=S)(=S)S(=S)(=S)S(=S)(=S)S(=S)(=S)S(=S)(=S)S(=S)(=S)S(=S)(=S)S(=S)(=S)S(=S)(=S)S(=S)(=S)S(=S)(=S)S(=S)(=S)S(=S)(=S)S(=S)(=S)S(=S)(=S)S(=S)(=S)S(=S)(=S)S(=S)(=S)S(=S)(=S)S(=S)(=S)S(=S)(=S)S(=S)(=S)S(=S)(=S)S(=S)(=S)S(=S)(=S)S(=S)(=S)S(=S)(=S)I. The fraction of sp³-hybridized carbons (Fsp3) is 0. The van der Waals surface area contributed by atoms with Crippen LogP contribution in [0, 0.1) is 0 Å². The Morgan fingerprint density at radius 3 is 0.169 bits per heavy atom. The Kier molecular flexibility index (Phi) is 74.5. The predicted octanol–water partition coefficient (Wildman–Crippen LogP) is 0.916. The van der Waals surface area contributed by atoms with Gasteiger partial charge in [-0.1, -0.05) is 11.7 Å². The van der Waals surface area contributed by atoms with E-state index in [2.05, 4.69) is 11.7 Å². The van der Waals surface area contributed by atoms with E-state index in [4.69, 9.17) is 1090 Å². The summed E-state index contributed by atoms with van der Waals surface area (Å²) in [6.07, 6.45) is 0. The van der Waals surface area contributed by atoms with Gasteiger partial charge in [0.15, 0.2) is 0 Å². The minimum Gasteiger partial charge on any atom is -0.0948 e. The Labute approximate surface area is 1330 Å². The first-order valence-electron chi connectivity index (χ1n) is 24.5. The third-order valence-electron chi connectivity index (χ3n) is 11.9. The molecule has 1 unspecified atom stereocenters. The molecule has 0 N–H and O–H groups in total. The summed E-state index contributed by atoms with van der Waals surface area (Å²) in [4.78, 5) is 0. The lowest BCUT2D eigenvalue weighted by Gasteiger charge is -2.37. The van der Waals surface area contributed by atoms with Gasteiger partial charge in [-0.15, -0.1) is 0 Å². The molecule has 0 fully saturated rings. The normalized spacial score (nSPS) is 17.3. The first-order valence-corrected chi connectivity index (χ1v) is 222. The highest BCUT2D eigenvalue weighted by Gasteiger charge is 2.54. The van der Waals surface area contributed by atoms with Crippen molar-refractivity contribution in [2.45, 2.75) is 0 Å². The predicted molar refractivity (Wildman–Crippen MR) is 1100 cm³/mol. The molecule has 0 aliphatic rings. The van der Waals surface area contributed by atoms with Gasteiger partial charge in [-0.05, 0) is 1090 Å². The number of hydrogen-bond acceptors (Lipinski definition) is 97. The van der Waals surface area contributed by atoms with Gasteiger partial charge in [-0.25, -0.2) is 0 Å². The summed E-state index contributed by atoms with van der Waals surface area (Å²) >= 11 is 606. The van der Waals surface area contributed by atoms with E-state index in [1.54, 1.807) is 21.2 Å². The molecule has 0 aromatic heterocycles. The zero-order valence-corrected chi connectivity index (χ0v) is 183. The summed E-state index contributed by atoms with van der Waals surface area (Å²) in [6, 6.07) is 0. The Hall–Kier alpha value is 39.6. The molecule has 0 heterocycles. The maximum Gasteiger partial charge on any atom is 0.0451 e. The van der Waals surface area contributed by atoms with E-state index in [-0.39, 0.29) is 0 Å². The van der Waals surface area contributed by atoms with Crippen LogP contribution in [0.15, 0.2) is 0 Å². The topological polar surface area (TPSA) is 0 Å². The quantitative estimate of drug-likeness (QED) is 0.0398. The van der Waals surface area contributed by atoms with Crippen LogP contribution in [0.5, 0.6) is 0 Å². The monoisotopic (exact) mass is 4830 g/mol. The van der Waals surface area contributed by atoms with Gasteiger partial charge in [-0.2, -0.15) is 0 Å². The van der Waals surface area contributed by atoms with Crippen LogP contribution in [-0.2, 0) is 1340 Å². The van der Waals surface area contributed by atoms with Gasteiger partial charge in [0.2, 0.25) is 0 Å². The van der Waals surface area contributed by atoms with Gasteiger partial charge in [0, 0.05) is 277 Å². The Balaban J connectivity index is 9.02. The first kappa shape index (κ1) is 188. The van der Waals surface area contributed by atoms with Crippen LogP contribution < -0.4 is 0 Å². The van der Waals surface area contributed by atoms with E-state index in [1.807, 2.05) is 0 Å². The van der Waals surface area contributed by atoms with Crippen molar-refractivity contribution < 1.29 is 0 Å². The van der Waals surface area contributed by atoms with Crippen LogP contribution in [-0.4, -0.2) is 0 Å². The second-order valence-electron chi connectivity index (χ2n) is 19.8. The molecular weight excluding hydrogens is 4840 g/mol. The molecule has 0 aliphatic heterocycles. The zero-order valence-electron chi connectivity index (χ0n) is 60.4. The average molecular weight is 4840 g/mol. The molecule has 0 aromatic rings. The maximum absolute atomic E-state index is 6.32. The van der Waals surface area contributed by atoms with Gasteiger partial charge in [-0.3, -0.25) is 0 Å². The van der Waals surface area contributed by atoms with Gasteiger partial charge in [0.25, 0.3) is 0 Å². The van der Waals surface area contributed by atoms with E-state index in [9.17, 15) is 0 Å². The van der Waals surface area contributed by atoms with E-state index in [0.29, 0.717) is 0 Å². The Bertz CT molecular complexity index is 11500. The van der Waals surface area contributed by atoms with Crippen molar-refractivity contribution >= 4 is 1370 Å². The Morgan fingerprint density at radius 2 is 0.128 bits per heavy atom. The van der Waals surface area contributed by atoms with Crippen molar-refractivity contribution in [2.24, 2.45) is 0 Å². The van der Waals surface area contributed by atoms with E-state index >= 15 is 0 Å². The molecule has 0 saturated heterocycles. The molecule has 0 amide bonds. The maximum atomic E-state index is 6.32. The van der Waals surface area contributed by atoms with Crippen LogP contribution in [0.2, 0.25) is 0 Å². The lowest BCUT2D eigenvalue weighted by molar-refractivity contribution is 4.96. The smallest absolute Gasteiger partial charge is 0.0451 e. The molecule has 148 heteroatoms. The third kappa shape index (κ3) is 28.8. The summed E-state index contributed by atoms with van der Waals surface area (Å²) in [6.45, 7) is 0. The van der Waals surface area contributed by atoms with Gasteiger partial charge in [0.05, 0.1) is 0 Å². The molecule has 0 nitrogen and oxygen atoms in total. The van der Waals surface area contributed by atoms with Crippen molar-refractivity contribution in [3.8, 4) is 0 Å². The minimum absolute atomic E-state index is 1.53. The van der Waals surface area contributed by atoms with Gasteiger partial charge >= 0.3 is 0 Å². The average Bonchev–Trinajstić information content (AvgIpc) is 0.670. The molecule has 0 spiro atoms. The highest BCUT2D eigenvalue weighted by molar-refractivity contribution is 14.2. The van der Waals surface area contributed by atoms with Crippen LogP contribution in [0.4, 0.5) is 0 Å². The minimum atomic E-state index is -4.39. The second kappa shape index (κ2) is 58.8. The fourth-order valence-electron chi connectivity index (χ4n) is 4.76. The third-order valence-corrected chi connectivity index (χ3v) is 973. The van der Waals surface area contributed by atoms with Gasteiger partial charge in [0.1, 0.15) is 0 Å². The molecule has 0 saturated carbocycles. The molecule has 0 aromatic carbocycles. The first-order chi connectivity index (χ1) is 61.7. The fourth-order valence-corrected chi connectivity index (χ4v) is 1170. The number of hydrogen-bond donors (Lipinski definition) is 1. The molecule has 890 valence electrons. The van der Waals surface area contributed by atoms with Crippen LogP contribution >= 0.6 is 32.9 Å². The lowest BCUT2D eigenvalue weighted by Crippen LogP contribution is -2.41. The number of halogens is 1. The zero-order chi connectivity index (χ0) is 124. The second-order valence-corrected chi connectivity index (χ2v) is 541. The number of thiol groups is 1. The molecule has 0 aliphatic carbocycles. The summed E-state index contributed by atoms with van der Waals surface area (Å²) < 4.78 is -2.82. The highest BCUT2D eigenvalue weighted by atomic mass is 127. The van der Waals surface area contributed by atoms with Crippen molar-refractivity contribution in [3.63, 3.8) is 0 Å². The summed E-state index contributed by atoms with van der Waals surface area (Å²) in [7, 11) is -1.53. The standard InChI is InChI=1S/HIS147/c1-101(4,5)103(8,9)105(12,13)107(16,17)109(20,21)111(24,25)113(28,29)115(32,33)117(36,37)119(40,41)121(44,45)123(48,49)125(52,53)127(56,57)129(60,61)131(64,65)133(68,69)135(72,73)137(76,77)139(80,81)141(84,85)143(88,89)145(92,93)147(96,97)148(98,99)146(94,95)144(90,91)142(86,87)140(82,83)138(78,79)136(74,75)134(70,71)132(66,67)130(62,63)128(58,59)126(54,55)124(50,51)122(46,47)120(42,43)118(38,39)116(34,35)114(30,31)112(26,27)110(22,23)108(18,19)106(14,15)104(10,11)102(6,7)100(2)3/h(H,2,3). The van der Waals surface area contributed by atoms with Crippen molar-refractivity contribution in [1.29, 1.82) is 0 Å². The largest absolute Gasteiger partial charge is 0.0948 e. The Morgan fingerprint density at radius 1 is 0.0878 bits per heavy atom. The highest BCUT2D eigenvalue weighted by Crippen LogP contribution is 2.51. The van der Waals surface area contributed by atoms with E-state index < -0.39 is 256 Å². The molecular formula is HIS147. The van der Waals surface area contributed by atoms with Crippen LogP contribution in [0.1, 0.15) is 0 Å². The van der Waals surface area contributed by atoms with E-state index in [1.165, 1.54) is 0 Å². The summed E-state index contributed by atoms with van der Waals surface area (Å²) in [5.74, 6) is 0. The molecule has 0 bridgehead atoms. The van der Waals surface area contributed by atoms with Crippen LogP contribution in [0.25, 0.3) is 0 Å². The van der Waals surface area contributed by atoms with Gasteiger partial charge < -0.3 is 0 Å². The van der Waals surface area contributed by atoms with Crippen molar-refractivity contribution in [1.82, 2.24) is 0 Å².